The molecule has 1 amide bonds. The third-order valence-corrected chi connectivity index (χ3v) is 3.43. The predicted molar refractivity (Wildman–Crippen MR) is 60.2 cm³/mol. The molecule has 0 saturated heterocycles. The highest BCUT2D eigenvalue weighted by Crippen LogP contribution is 2.20. The van der Waals surface area contributed by atoms with E-state index in [-0.39, 0.29) is 5.91 Å². The van der Waals surface area contributed by atoms with Gasteiger partial charge in [-0.25, -0.2) is 0 Å². The third-order valence-electron chi connectivity index (χ3n) is 1.75. The van der Waals surface area contributed by atoms with Crippen LogP contribution in [0.1, 0.15) is 11.8 Å². The molecule has 5 heteroatoms. The molecule has 0 spiro atoms. The van der Waals surface area contributed by atoms with Crippen LogP contribution in [0.4, 0.5) is 0 Å². The average Bonchev–Trinajstić information content (AvgIpc) is 2.49. The molecule has 0 saturated carbocycles. The largest absolute Gasteiger partial charge is 0.384 e. The lowest BCUT2D eigenvalue weighted by atomic mass is 10.3. The van der Waals surface area contributed by atoms with Gasteiger partial charge in [0.1, 0.15) is 6.10 Å². The van der Waals surface area contributed by atoms with Crippen LogP contribution in [-0.4, -0.2) is 29.1 Å². The molecule has 78 valence electrons. The lowest BCUT2D eigenvalue weighted by Gasteiger charge is -2.17. The standard InChI is InChI=1S/C9H12BrNO2S/c1-6(12)9(13)11(2)4-8-3-7(10)5-14-8/h3,5-6,12H,4H2,1-2H3. The van der Waals surface area contributed by atoms with Crippen LogP contribution in [-0.2, 0) is 11.3 Å². The van der Waals surface area contributed by atoms with E-state index in [0.717, 1.165) is 9.35 Å². The summed E-state index contributed by atoms with van der Waals surface area (Å²) in [6.45, 7) is 2.02. The number of halogens is 1. The van der Waals surface area contributed by atoms with Crippen LogP contribution in [0.25, 0.3) is 0 Å². The zero-order valence-corrected chi connectivity index (χ0v) is 10.4. The van der Waals surface area contributed by atoms with Gasteiger partial charge in [0.05, 0.1) is 6.54 Å². The van der Waals surface area contributed by atoms with Gasteiger partial charge in [-0.05, 0) is 28.9 Å². The normalized spacial score (nSPS) is 12.6. The van der Waals surface area contributed by atoms with E-state index in [9.17, 15) is 4.79 Å². The first-order valence-electron chi connectivity index (χ1n) is 4.16. The third kappa shape index (κ3) is 3.08. The molecule has 0 aliphatic rings. The number of hydrogen-bond donors (Lipinski definition) is 1. The number of aliphatic hydroxyl groups is 1. The Morgan fingerprint density at radius 2 is 2.43 bits per heavy atom. The Morgan fingerprint density at radius 3 is 2.86 bits per heavy atom. The van der Waals surface area contributed by atoms with Crippen molar-refractivity contribution in [2.45, 2.75) is 19.6 Å². The minimum Gasteiger partial charge on any atom is -0.384 e. The summed E-state index contributed by atoms with van der Waals surface area (Å²) in [6.07, 6.45) is -0.927. The Balaban J connectivity index is 2.57. The molecule has 1 N–H and O–H groups in total. The summed E-state index contributed by atoms with van der Waals surface area (Å²) in [4.78, 5) is 13.9. The monoisotopic (exact) mass is 277 g/mol. The summed E-state index contributed by atoms with van der Waals surface area (Å²) >= 11 is 4.93. The molecule has 1 rings (SSSR count). The number of amides is 1. The van der Waals surface area contributed by atoms with Gasteiger partial charge in [0, 0.05) is 21.8 Å². The second-order valence-electron chi connectivity index (χ2n) is 3.10. The molecule has 1 aromatic heterocycles. The lowest BCUT2D eigenvalue weighted by Crippen LogP contribution is -2.33. The lowest BCUT2D eigenvalue weighted by molar-refractivity contribution is -0.138. The highest BCUT2D eigenvalue weighted by Gasteiger charge is 2.14. The smallest absolute Gasteiger partial charge is 0.251 e. The van der Waals surface area contributed by atoms with Gasteiger partial charge in [-0.1, -0.05) is 0 Å². The molecule has 1 heterocycles. The van der Waals surface area contributed by atoms with Crippen molar-refractivity contribution in [2.75, 3.05) is 7.05 Å². The first-order chi connectivity index (χ1) is 6.50. The molecular weight excluding hydrogens is 266 g/mol. The highest BCUT2D eigenvalue weighted by molar-refractivity contribution is 9.10. The van der Waals surface area contributed by atoms with E-state index in [1.54, 1.807) is 18.4 Å². The van der Waals surface area contributed by atoms with Crippen LogP contribution < -0.4 is 0 Å². The summed E-state index contributed by atoms with van der Waals surface area (Å²) in [5.74, 6) is -0.255. The van der Waals surface area contributed by atoms with Crippen LogP contribution in [0, 0.1) is 0 Å². The molecule has 1 aromatic rings. The minimum atomic E-state index is -0.927. The first-order valence-corrected chi connectivity index (χ1v) is 5.84. The van der Waals surface area contributed by atoms with Crippen LogP contribution in [0.15, 0.2) is 15.9 Å². The molecule has 0 fully saturated rings. The molecule has 0 bridgehead atoms. The minimum absolute atomic E-state index is 0.255. The van der Waals surface area contributed by atoms with E-state index in [1.165, 1.54) is 11.8 Å². The number of thiophene rings is 1. The average molecular weight is 278 g/mol. The van der Waals surface area contributed by atoms with Crippen molar-refractivity contribution in [3.8, 4) is 0 Å². The quantitative estimate of drug-likeness (QED) is 0.916. The maximum Gasteiger partial charge on any atom is 0.251 e. The van der Waals surface area contributed by atoms with E-state index in [4.69, 9.17) is 5.11 Å². The zero-order chi connectivity index (χ0) is 10.7. The topological polar surface area (TPSA) is 40.5 Å². The number of likely N-dealkylation sites (N-methyl/N-ethyl adjacent to an activating group) is 1. The van der Waals surface area contributed by atoms with E-state index >= 15 is 0 Å². The van der Waals surface area contributed by atoms with E-state index < -0.39 is 6.10 Å². The number of carbonyl (C=O) groups is 1. The Bertz CT molecular complexity index is 324. The predicted octanol–water partition coefficient (Wildman–Crippen LogP) is 1.85. The van der Waals surface area contributed by atoms with Crippen molar-refractivity contribution in [3.63, 3.8) is 0 Å². The number of rotatable bonds is 3. The van der Waals surface area contributed by atoms with E-state index in [1.807, 2.05) is 11.4 Å². The van der Waals surface area contributed by atoms with Gasteiger partial charge >= 0.3 is 0 Å². The maximum absolute atomic E-state index is 11.3. The number of hydrogen-bond acceptors (Lipinski definition) is 3. The summed E-state index contributed by atoms with van der Waals surface area (Å²) < 4.78 is 1.02. The first kappa shape index (κ1) is 11.7. The Labute approximate surface area is 95.5 Å². The van der Waals surface area contributed by atoms with Crippen LogP contribution in [0.2, 0.25) is 0 Å². The molecule has 3 nitrogen and oxygen atoms in total. The molecule has 0 radical (unpaired) electrons. The van der Waals surface area contributed by atoms with Crippen molar-refractivity contribution < 1.29 is 9.90 Å². The number of aliphatic hydroxyl groups excluding tert-OH is 1. The van der Waals surface area contributed by atoms with Crippen molar-refractivity contribution >= 4 is 33.2 Å². The summed E-state index contributed by atoms with van der Waals surface area (Å²) in [7, 11) is 1.68. The maximum atomic E-state index is 11.3. The van der Waals surface area contributed by atoms with Gasteiger partial charge in [0.15, 0.2) is 0 Å². The second kappa shape index (κ2) is 4.91. The molecule has 0 aromatic carbocycles. The molecule has 0 aliphatic carbocycles. The van der Waals surface area contributed by atoms with Crippen molar-refractivity contribution in [3.05, 3.63) is 20.8 Å². The van der Waals surface area contributed by atoms with Crippen LogP contribution >= 0.6 is 27.3 Å². The van der Waals surface area contributed by atoms with Gasteiger partial charge in [-0.15, -0.1) is 11.3 Å². The SMILES string of the molecule is CC(O)C(=O)N(C)Cc1cc(Br)cs1. The van der Waals surface area contributed by atoms with Crippen molar-refractivity contribution in [1.82, 2.24) is 4.90 Å². The summed E-state index contributed by atoms with van der Waals surface area (Å²) in [5.41, 5.74) is 0. The Hall–Kier alpha value is -0.390. The highest BCUT2D eigenvalue weighted by atomic mass is 79.9. The summed E-state index contributed by atoms with van der Waals surface area (Å²) in [6, 6.07) is 1.97. The van der Waals surface area contributed by atoms with E-state index in [0.29, 0.717) is 6.54 Å². The van der Waals surface area contributed by atoms with Crippen molar-refractivity contribution in [1.29, 1.82) is 0 Å². The van der Waals surface area contributed by atoms with Gasteiger partial charge < -0.3 is 10.0 Å². The zero-order valence-electron chi connectivity index (χ0n) is 8.03. The number of nitrogens with zero attached hydrogens (tertiary/aromatic N) is 1. The van der Waals surface area contributed by atoms with Gasteiger partial charge in [-0.2, -0.15) is 0 Å². The molecule has 1 atom stereocenters. The summed E-state index contributed by atoms with van der Waals surface area (Å²) in [5, 5.41) is 11.0. The Morgan fingerprint density at radius 1 is 1.79 bits per heavy atom. The fourth-order valence-electron chi connectivity index (χ4n) is 1.07. The van der Waals surface area contributed by atoms with E-state index in [2.05, 4.69) is 15.9 Å². The molecule has 1 unspecified atom stereocenters. The van der Waals surface area contributed by atoms with Crippen LogP contribution in [0.3, 0.4) is 0 Å². The van der Waals surface area contributed by atoms with Gasteiger partial charge in [-0.3, -0.25) is 4.79 Å². The second-order valence-corrected chi connectivity index (χ2v) is 5.01. The van der Waals surface area contributed by atoms with Crippen LogP contribution in [0.5, 0.6) is 0 Å². The molecule has 0 aliphatic heterocycles. The fraction of sp³-hybridized carbons (Fsp3) is 0.444. The molecule has 14 heavy (non-hydrogen) atoms. The Kier molecular flexibility index (Phi) is 4.10. The fourth-order valence-corrected chi connectivity index (χ4v) is 2.57. The number of carbonyl (C=O) groups excluding carboxylic acids is 1. The van der Waals surface area contributed by atoms with Gasteiger partial charge in [0.2, 0.25) is 0 Å². The van der Waals surface area contributed by atoms with Gasteiger partial charge in [0.25, 0.3) is 5.91 Å². The van der Waals surface area contributed by atoms with Crippen molar-refractivity contribution in [2.24, 2.45) is 0 Å². The molecular formula is C9H12BrNO2S.